The van der Waals surface area contributed by atoms with Crippen LogP contribution in [0.25, 0.3) is 0 Å². The maximum absolute atomic E-state index is 10.6. The molecule has 0 unspecified atom stereocenters. The molecule has 5 nitrogen and oxygen atoms in total. The minimum Gasteiger partial charge on any atom is -0.493 e. The van der Waals surface area contributed by atoms with Gasteiger partial charge >= 0.3 is 0 Å². The Morgan fingerprint density at radius 2 is 1.86 bits per heavy atom. The minimum atomic E-state index is -0.583. The van der Waals surface area contributed by atoms with Gasteiger partial charge < -0.3 is 9.84 Å². The summed E-state index contributed by atoms with van der Waals surface area (Å²) in [7, 11) is 0. The summed E-state index contributed by atoms with van der Waals surface area (Å²) in [5, 5.41) is 20.2. The fourth-order valence-corrected chi connectivity index (χ4v) is 2.02. The van der Waals surface area contributed by atoms with E-state index in [0.717, 1.165) is 11.1 Å². The summed E-state index contributed by atoms with van der Waals surface area (Å²) in [5.41, 5.74) is 1.80. The zero-order valence-electron chi connectivity index (χ0n) is 11.7. The number of rotatable bonds is 6. The van der Waals surface area contributed by atoms with Gasteiger partial charge in [0, 0.05) is 24.1 Å². The molecule has 0 aliphatic rings. The molecule has 0 spiro atoms. The Kier molecular flexibility index (Phi) is 4.90. The average molecular weight is 287 g/mol. The van der Waals surface area contributed by atoms with Gasteiger partial charge in [0.25, 0.3) is 5.69 Å². The average Bonchev–Trinajstić information content (AvgIpc) is 2.48. The van der Waals surface area contributed by atoms with Crippen LogP contribution in [0.1, 0.15) is 24.2 Å². The van der Waals surface area contributed by atoms with Crippen molar-refractivity contribution >= 4 is 5.69 Å². The van der Waals surface area contributed by atoms with Crippen molar-refractivity contribution in [2.24, 2.45) is 0 Å². The van der Waals surface area contributed by atoms with E-state index in [1.807, 2.05) is 24.3 Å². The number of hydrogen-bond donors (Lipinski definition) is 1. The van der Waals surface area contributed by atoms with Crippen LogP contribution < -0.4 is 4.74 Å². The number of nitro groups is 1. The SMILES string of the molecule is C[C@@H](O)c1ccccc1OCCc1ccc([N+](=O)[O-])cc1. The molecule has 2 rings (SSSR count). The van der Waals surface area contributed by atoms with Crippen LogP contribution in [0.3, 0.4) is 0 Å². The van der Waals surface area contributed by atoms with E-state index >= 15 is 0 Å². The smallest absolute Gasteiger partial charge is 0.269 e. The standard InChI is InChI=1S/C16H17NO4/c1-12(18)15-4-2-3-5-16(15)21-11-10-13-6-8-14(9-7-13)17(19)20/h2-9,12,18H,10-11H2,1H3/t12-/m1/s1. The number of aliphatic hydroxyl groups is 1. The van der Waals surface area contributed by atoms with E-state index in [2.05, 4.69) is 0 Å². The third-order valence-electron chi connectivity index (χ3n) is 3.16. The van der Waals surface area contributed by atoms with Gasteiger partial charge in [0.15, 0.2) is 0 Å². The Labute approximate surface area is 123 Å². The molecule has 0 saturated heterocycles. The number of ether oxygens (including phenoxy) is 1. The maximum Gasteiger partial charge on any atom is 0.269 e. The van der Waals surface area contributed by atoms with Crippen LogP contribution in [0.4, 0.5) is 5.69 Å². The molecule has 0 aliphatic carbocycles. The van der Waals surface area contributed by atoms with Crippen LogP contribution in [0, 0.1) is 10.1 Å². The molecule has 0 bridgehead atoms. The van der Waals surface area contributed by atoms with E-state index in [1.165, 1.54) is 12.1 Å². The summed E-state index contributed by atoms with van der Waals surface area (Å²) >= 11 is 0. The highest BCUT2D eigenvalue weighted by atomic mass is 16.6. The van der Waals surface area contributed by atoms with Crippen molar-refractivity contribution in [3.8, 4) is 5.75 Å². The highest BCUT2D eigenvalue weighted by Gasteiger charge is 2.08. The monoisotopic (exact) mass is 287 g/mol. The molecule has 5 heteroatoms. The molecule has 21 heavy (non-hydrogen) atoms. The van der Waals surface area contributed by atoms with Crippen molar-refractivity contribution in [3.05, 3.63) is 69.8 Å². The topological polar surface area (TPSA) is 72.6 Å². The molecule has 2 aromatic rings. The molecule has 110 valence electrons. The first-order valence-corrected chi connectivity index (χ1v) is 6.71. The number of benzene rings is 2. The van der Waals surface area contributed by atoms with Gasteiger partial charge in [0.1, 0.15) is 5.75 Å². The predicted molar refractivity (Wildman–Crippen MR) is 79.4 cm³/mol. The molecule has 0 fully saturated rings. The number of para-hydroxylation sites is 1. The molecule has 0 aliphatic heterocycles. The van der Waals surface area contributed by atoms with Crippen molar-refractivity contribution in [1.82, 2.24) is 0 Å². The van der Waals surface area contributed by atoms with Gasteiger partial charge in [-0.2, -0.15) is 0 Å². The summed E-state index contributed by atoms with van der Waals surface area (Å²) < 4.78 is 5.69. The Morgan fingerprint density at radius 3 is 2.48 bits per heavy atom. The fraction of sp³-hybridized carbons (Fsp3) is 0.250. The zero-order chi connectivity index (χ0) is 15.2. The molecule has 0 amide bonds. The molecule has 0 aromatic heterocycles. The quantitative estimate of drug-likeness (QED) is 0.653. The van der Waals surface area contributed by atoms with Crippen LogP contribution in [0.15, 0.2) is 48.5 Å². The van der Waals surface area contributed by atoms with Gasteiger partial charge in [0.2, 0.25) is 0 Å². The number of non-ortho nitro benzene ring substituents is 1. The number of hydrogen-bond acceptors (Lipinski definition) is 4. The summed E-state index contributed by atoms with van der Waals surface area (Å²) in [6.07, 6.45) is 0.0622. The van der Waals surface area contributed by atoms with Crippen LogP contribution in [-0.4, -0.2) is 16.6 Å². The van der Waals surface area contributed by atoms with Crippen LogP contribution in [0.5, 0.6) is 5.75 Å². The van der Waals surface area contributed by atoms with Crippen molar-refractivity contribution in [1.29, 1.82) is 0 Å². The third kappa shape index (κ3) is 4.03. The van der Waals surface area contributed by atoms with E-state index in [-0.39, 0.29) is 5.69 Å². The Balaban J connectivity index is 1.94. The van der Waals surface area contributed by atoms with Crippen LogP contribution in [0.2, 0.25) is 0 Å². The van der Waals surface area contributed by atoms with E-state index in [0.29, 0.717) is 18.8 Å². The maximum atomic E-state index is 10.6. The first-order chi connectivity index (χ1) is 10.1. The lowest BCUT2D eigenvalue weighted by atomic mass is 10.1. The highest BCUT2D eigenvalue weighted by molar-refractivity contribution is 5.35. The molecule has 0 saturated carbocycles. The van der Waals surface area contributed by atoms with E-state index < -0.39 is 11.0 Å². The van der Waals surface area contributed by atoms with Gasteiger partial charge in [-0.3, -0.25) is 10.1 Å². The van der Waals surface area contributed by atoms with Crippen LogP contribution in [-0.2, 0) is 6.42 Å². The zero-order valence-corrected chi connectivity index (χ0v) is 11.7. The lowest BCUT2D eigenvalue weighted by Crippen LogP contribution is -2.04. The Bertz CT molecular complexity index is 608. The summed E-state index contributed by atoms with van der Waals surface area (Å²) in [6, 6.07) is 13.8. The van der Waals surface area contributed by atoms with Crippen molar-refractivity contribution in [2.75, 3.05) is 6.61 Å². The Hall–Kier alpha value is -2.40. The van der Waals surface area contributed by atoms with Gasteiger partial charge in [-0.05, 0) is 18.6 Å². The molecule has 0 heterocycles. The van der Waals surface area contributed by atoms with Crippen LogP contribution >= 0.6 is 0 Å². The minimum absolute atomic E-state index is 0.0825. The van der Waals surface area contributed by atoms with E-state index in [4.69, 9.17) is 4.74 Å². The first kappa shape index (κ1) is 15.0. The highest BCUT2D eigenvalue weighted by Crippen LogP contribution is 2.24. The van der Waals surface area contributed by atoms with Crippen molar-refractivity contribution in [2.45, 2.75) is 19.4 Å². The predicted octanol–water partition coefficient (Wildman–Crippen LogP) is 3.27. The summed E-state index contributed by atoms with van der Waals surface area (Å²) in [6.45, 7) is 2.14. The van der Waals surface area contributed by atoms with Gasteiger partial charge in [-0.25, -0.2) is 0 Å². The van der Waals surface area contributed by atoms with Crippen molar-refractivity contribution in [3.63, 3.8) is 0 Å². The number of nitrogens with zero attached hydrogens (tertiary/aromatic N) is 1. The summed E-state index contributed by atoms with van der Waals surface area (Å²) in [4.78, 5) is 10.2. The van der Waals surface area contributed by atoms with E-state index in [1.54, 1.807) is 19.1 Å². The Morgan fingerprint density at radius 1 is 1.19 bits per heavy atom. The second-order valence-corrected chi connectivity index (χ2v) is 4.74. The molecular weight excluding hydrogens is 270 g/mol. The largest absolute Gasteiger partial charge is 0.493 e. The lowest BCUT2D eigenvalue weighted by Gasteiger charge is -2.13. The molecule has 0 radical (unpaired) electrons. The number of aliphatic hydroxyl groups excluding tert-OH is 1. The second kappa shape index (κ2) is 6.85. The lowest BCUT2D eigenvalue weighted by molar-refractivity contribution is -0.384. The number of nitro benzene ring substituents is 1. The van der Waals surface area contributed by atoms with Gasteiger partial charge in [-0.1, -0.05) is 30.3 Å². The van der Waals surface area contributed by atoms with Gasteiger partial charge in [0.05, 0.1) is 17.6 Å². The molecule has 2 aromatic carbocycles. The molecule has 1 atom stereocenters. The second-order valence-electron chi connectivity index (χ2n) is 4.74. The normalized spacial score (nSPS) is 11.9. The fourth-order valence-electron chi connectivity index (χ4n) is 2.02. The molecular formula is C16H17NO4. The van der Waals surface area contributed by atoms with Gasteiger partial charge in [-0.15, -0.1) is 0 Å². The molecule has 1 N–H and O–H groups in total. The third-order valence-corrected chi connectivity index (χ3v) is 3.16. The summed E-state index contributed by atoms with van der Waals surface area (Å²) in [5.74, 6) is 0.661. The first-order valence-electron chi connectivity index (χ1n) is 6.71. The van der Waals surface area contributed by atoms with Crippen molar-refractivity contribution < 1.29 is 14.8 Å². The van der Waals surface area contributed by atoms with E-state index in [9.17, 15) is 15.2 Å².